The van der Waals surface area contributed by atoms with E-state index in [2.05, 4.69) is 0 Å². The van der Waals surface area contributed by atoms with Crippen LogP contribution in [0.3, 0.4) is 0 Å². The van der Waals surface area contributed by atoms with Crippen molar-refractivity contribution in [1.82, 2.24) is 0 Å². The van der Waals surface area contributed by atoms with Crippen LogP contribution < -0.4 is 9.47 Å². The van der Waals surface area contributed by atoms with E-state index in [1.54, 1.807) is 0 Å². The predicted octanol–water partition coefficient (Wildman–Crippen LogP) is 3.69. The van der Waals surface area contributed by atoms with Crippen LogP contribution in [0.5, 0.6) is 11.5 Å². The molecule has 0 unspecified atom stereocenters. The second-order valence-corrected chi connectivity index (χ2v) is 6.51. The molecule has 100 valence electrons. The summed E-state index contributed by atoms with van der Waals surface area (Å²) >= 11 is 0.587. The van der Waals surface area contributed by atoms with Gasteiger partial charge in [0.15, 0.2) is 0 Å². The van der Waals surface area contributed by atoms with E-state index >= 15 is 0 Å². The van der Waals surface area contributed by atoms with Crippen LogP contribution in [0.4, 0.5) is 0 Å². The SMILES string of the molecule is c1ccc(OCC[Se]CCOc2ccccc2)cc1. The summed E-state index contributed by atoms with van der Waals surface area (Å²) in [6, 6.07) is 19.9. The summed E-state index contributed by atoms with van der Waals surface area (Å²) < 4.78 is 11.3. The number of rotatable bonds is 8. The summed E-state index contributed by atoms with van der Waals surface area (Å²) in [5.41, 5.74) is 0. The average Bonchev–Trinajstić information content (AvgIpc) is 2.48. The predicted molar refractivity (Wildman–Crippen MR) is 79.2 cm³/mol. The van der Waals surface area contributed by atoms with E-state index in [1.165, 1.54) is 0 Å². The number of hydrogen-bond acceptors (Lipinski definition) is 2. The third-order valence-corrected chi connectivity index (χ3v) is 4.39. The molecule has 0 spiro atoms. The summed E-state index contributed by atoms with van der Waals surface area (Å²) in [6.45, 7) is 1.60. The summed E-state index contributed by atoms with van der Waals surface area (Å²) in [4.78, 5) is 0. The van der Waals surface area contributed by atoms with Crippen molar-refractivity contribution in [1.29, 1.82) is 0 Å². The molecule has 0 aliphatic carbocycles. The van der Waals surface area contributed by atoms with Gasteiger partial charge in [-0.05, 0) is 0 Å². The molecule has 0 saturated carbocycles. The Hall–Kier alpha value is -1.44. The van der Waals surface area contributed by atoms with Gasteiger partial charge in [-0.3, -0.25) is 0 Å². The molecule has 0 heterocycles. The van der Waals surface area contributed by atoms with Crippen molar-refractivity contribution in [3.8, 4) is 11.5 Å². The third kappa shape index (κ3) is 5.82. The maximum atomic E-state index is 5.65. The van der Waals surface area contributed by atoms with Gasteiger partial charge in [0.05, 0.1) is 0 Å². The Bertz CT molecular complexity index is 401. The molecule has 0 atom stereocenters. The van der Waals surface area contributed by atoms with Crippen molar-refractivity contribution in [2.75, 3.05) is 13.2 Å². The minimum absolute atomic E-state index is 0.587. The molecule has 2 rings (SSSR count). The van der Waals surface area contributed by atoms with Gasteiger partial charge in [0.2, 0.25) is 0 Å². The van der Waals surface area contributed by atoms with Crippen LogP contribution in [-0.4, -0.2) is 28.2 Å². The first-order valence-electron chi connectivity index (χ1n) is 6.38. The molecule has 2 nitrogen and oxygen atoms in total. The topological polar surface area (TPSA) is 18.5 Å². The molecule has 0 radical (unpaired) electrons. The molecular weight excluding hydrogens is 303 g/mol. The van der Waals surface area contributed by atoms with Crippen LogP contribution in [0.25, 0.3) is 0 Å². The van der Waals surface area contributed by atoms with E-state index in [1.807, 2.05) is 60.7 Å². The van der Waals surface area contributed by atoms with Gasteiger partial charge in [0.1, 0.15) is 0 Å². The van der Waals surface area contributed by atoms with Gasteiger partial charge in [0.25, 0.3) is 0 Å². The van der Waals surface area contributed by atoms with E-state index < -0.39 is 0 Å². The Kier molecular flexibility index (Phi) is 6.35. The van der Waals surface area contributed by atoms with Gasteiger partial charge in [0, 0.05) is 0 Å². The number of para-hydroxylation sites is 2. The van der Waals surface area contributed by atoms with Gasteiger partial charge >= 0.3 is 120 Å². The molecule has 0 amide bonds. The molecule has 2 aromatic carbocycles. The van der Waals surface area contributed by atoms with Gasteiger partial charge < -0.3 is 0 Å². The zero-order chi connectivity index (χ0) is 13.2. The van der Waals surface area contributed by atoms with Gasteiger partial charge in [-0.1, -0.05) is 0 Å². The zero-order valence-corrected chi connectivity index (χ0v) is 12.5. The van der Waals surface area contributed by atoms with E-state index in [0.29, 0.717) is 15.0 Å². The second kappa shape index (κ2) is 8.63. The van der Waals surface area contributed by atoms with Crippen molar-refractivity contribution >= 4 is 15.0 Å². The minimum atomic E-state index is 0.587. The Labute approximate surface area is 120 Å². The molecule has 0 saturated heterocycles. The Balaban J connectivity index is 1.49. The number of ether oxygens (including phenoxy) is 2. The molecule has 0 aliphatic rings. The Morgan fingerprint density at radius 2 is 1.05 bits per heavy atom. The fourth-order valence-electron chi connectivity index (χ4n) is 1.57. The first-order valence-corrected chi connectivity index (χ1v) is 8.81. The Morgan fingerprint density at radius 3 is 1.47 bits per heavy atom. The van der Waals surface area contributed by atoms with Crippen LogP contribution in [-0.2, 0) is 0 Å². The number of benzene rings is 2. The van der Waals surface area contributed by atoms with E-state index in [0.717, 1.165) is 35.4 Å². The first kappa shape index (κ1) is 14.0. The quantitative estimate of drug-likeness (QED) is 0.545. The summed E-state index contributed by atoms with van der Waals surface area (Å²) in [5.74, 6) is 1.91. The average molecular weight is 321 g/mol. The fourth-order valence-corrected chi connectivity index (χ4v) is 2.84. The van der Waals surface area contributed by atoms with Crippen molar-refractivity contribution in [2.45, 2.75) is 10.6 Å². The fraction of sp³-hybridized carbons (Fsp3) is 0.250. The Morgan fingerprint density at radius 1 is 0.632 bits per heavy atom. The standard InChI is InChI=1S/C16H18O2Se/c1-3-7-15(8-4-1)17-11-13-19-14-12-18-16-9-5-2-6-10-16/h1-10H,11-14H2. The summed E-state index contributed by atoms with van der Waals surface area (Å²) in [6.07, 6.45) is 0. The second-order valence-electron chi connectivity index (χ2n) is 3.94. The summed E-state index contributed by atoms with van der Waals surface area (Å²) in [5, 5.41) is 2.25. The van der Waals surface area contributed by atoms with Crippen molar-refractivity contribution in [3.05, 3.63) is 60.7 Å². The van der Waals surface area contributed by atoms with Crippen LogP contribution in [0.1, 0.15) is 0 Å². The van der Waals surface area contributed by atoms with Crippen LogP contribution in [0.15, 0.2) is 60.7 Å². The van der Waals surface area contributed by atoms with Crippen LogP contribution >= 0.6 is 0 Å². The van der Waals surface area contributed by atoms with Gasteiger partial charge in [-0.25, -0.2) is 0 Å². The molecule has 3 heteroatoms. The molecule has 0 bridgehead atoms. The molecule has 19 heavy (non-hydrogen) atoms. The van der Waals surface area contributed by atoms with Gasteiger partial charge in [-0.2, -0.15) is 0 Å². The molecule has 0 aromatic heterocycles. The van der Waals surface area contributed by atoms with Gasteiger partial charge in [-0.15, -0.1) is 0 Å². The molecule has 2 aromatic rings. The third-order valence-electron chi connectivity index (χ3n) is 2.48. The van der Waals surface area contributed by atoms with Crippen molar-refractivity contribution in [2.24, 2.45) is 0 Å². The monoisotopic (exact) mass is 322 g/mol. The van der Waals surface area contributed by atoms with Crippen molar-refractivity contribution < 1.29 is 9.47 Å². The van der Waals surface area contributed by atoms with Crippen LogP contribution in [0.2, 0.25) is 10.6 Å². The normalized spacial score (nSPS) is 10.1. The van der Waals surface area contributed by atoms with E-state index in [9.17, 15) is 0 Å². The number of hydrogen-bond donors (Lipinski definition) is 0. The molecular formula is C16H18O2Se. The molecule has 0 N–H and O–H groups in total. The van der Waals surface area contributed by atoms with E-state index in [-0.39, 0.29) is 0 Å². The molecule has 0 aliphatic heterocycles. The van der Waals surface area contributed by atoms with Crippen molar-refractivity contribution in [3.63, 3.8) is 0 Å². The molecule has 0 fully saturated rings. The van der Waals surface area contributed by atoms with Crippen LogP contribution in [0, 0.1) is 0 Å². The first-order chi connectivity index (χ1) is 9.45. The van der Waals surface area contributed by atoms with E-state index in [4.69, 9.17) is 9.47 Å². The maximum absolute atomic E-state index is 5.65. The zero-order valence-electron chi connectivity index (χ0n) is 10.8. The summed E-state index contributed by atoms with van der Waals surface area (Å²) in [7, 11) is 0.